The van der Waals surface area contributed by atoms with Crippen LogP contribution >= 0.6 is 0 Å². The number of aromatic amines is 1. The summed E-state index contributed by atoms with van der Waals surface area (Å²) in [5.41, 5.74) is 1.72. The van der Waals surface area contributed by atoms with Crippen molar-refractivity contribution in [3.05, 3.63) is 76.3 Å². The lowest BCUT2D eigenvalue weighted by molar-refractivity contribution is 0.414. The Balaban J connectivity index is 1.97. The molecule has 0 bridgehead atoms. The monoisotopic (exact) mass is 296 g/mol. The predicted molar refractivity (Wildman–Crippen MR) is 83.9 cm³/mol. The number of H-pyrrole nitrogens is 1. The van der Waals surface area contributed by atoms with Crippen molar-refractivity contribution in [3.8, 4) is 17.3 Å². The normalized spacial score (nSPS) is 10.6. The minimum Gasteiger partial charge on any atom is -0.497 e. The van der Waals surface area contributed by atoms with Crippen LogP contribution in [0, 0.1) is 0 Å². The van der Waals surface area contributed by atoms with E-state index in [-0.39, 0.29) is 11.6 Å². The van der Waals surface area contributed by atoms with Crippen molar-refractivity contribution < 1.29 is 9.84 Å². The quantitative estimate of drug-likeness (QED) is 0.777. The Bertz CT molecular complexity index is 817. The molecule has 0 unspecified atom stereocenters. The molecular formula is C17H16N2O3. The number of methoxy groups -OCH3 is 1. The van der Waals surface area contributed by atoms with Crippen LogP contribution in [0.3, 0.4) is 0 Å². The maximum atomic E-state index is 12.1. The zero-order valence-electron chi connectivity index (χ0n) is 12.1. The van der Waals surface area contributed by atoms with E-state index >= 15 is 0 Å². The third kappa shape index (κ3) is 2.61. The molecule has 3 aromatic rings. The molecule has 2 aromatic carbocycles. The van der Waals surface area contributed by atoms with E-state index < -0.39 is 0 Å². The van der Waals surface area contributed by atoms with Gasteiger partial charge in [-0.15, -0.1) is 0 Å². The maximum absolute atomic E-state index is 12.1. The zero-order valence-corrected chi connectivity index (χ0v) is 12.1. The summed E-state index contributed by atoms with van der Waals surface area (Å²) in [6.45, 7) is 0. The molecule has 0 aliphatic heterocycles. The zero-order chi connectivity index (χ0) is 15.5. The fourth-order valence-electron chi connectivity index (χ4n) is 2.37. The summed E-state index contributed by atoms with van der Waals surface area (Å²) in [4.78, 5) is 14.8. The summed E-state index contributed by atoms with van der Waals surface area (Å²) in [6.07, 6.45) is 0.463. The second-order valence-corrected chi connectivity index (χ2v) is 4.93. The van der Waals surface area contributed by atoms with E-state index in [0.717, 1.165) is 5.56 Å². The van der Waals surface area contributed by atoms with E-state index in [1.807, 2.05) is 30.3 Å². The van der Waals surface area contributed by atoms with Gasteiger partial charge in [-0.1, -0.05) is 30.3 Å². The molecule has 112 valence electrons. The molecule has 0 radical (unpaired) electrons. The summed E-state index contributed by atoms with van der Waals surface area (Å²) in [6, 6.07) is 16.6. The van der Waals surface area contributed by atoms with Crippen molar-refractivity contribution in [2.75, 3.05) is 7.11 Å². The van der Waals surface area contributed by atoms with Crippen LogP contribution in [0.15, 0.2) is 59.4 Å². The van der Waals surface area contributed by atoms with Crippen molar-refractivity contribution in [1.82, 2.24) is 9.55 Å². The van der Waals surface area contributed by atoms with Gasteiger partial charge in [0.25, 0.3) is 0 Å². The number of hydrogen-bond acceptors (Lipinski definition) is 3. The smallest absolute Gasteiger partial charge is 0.333 e. The van der Waals surface area contributed by atoms with Gasteiger partial charge in [0.2, 0.25) is 5.88 Å². The summed E-state index contributed by atoms with van der Waals surface area (Å²) >= 11 is 0. The predicted octanol–water partition coefficient (Wildman–Crippen LogP) is 2.47. The van der Waals surface area contributed by atoms with E-state index in [1.165, 1.54) is 4.57 Å². The molecule has 0 saturated heterocycles. The van der Waals surface area contributed by atoms with Crippen molar-refractivity contribution in [3.63, 3.8) is 0 Å². The highest BCUT2D eigenvalue weighted by molar-refractivity contribution is 5.42. The van der Waals surface area contributed by atoms with Gasteiger partial charge in [0.05, 0.1) is 18.5 Å². The first-order valence-electron chi connectivity index (χ1n) is 6.90. The second-order valence-electron chi connectivity index (χ2n) is 4.93. The highest BCUT2D eigenvalue weighted by Gasteiger charge is 2.14. The number of aromatic hydroxyl groups is 1. The summed E-state index contributed by atoms with van der Waals surface area (Å²) < 4.78 is 6.34. The Hall–Kier alpha value is -2.95. The van der Waals surface area contributed by atoms with Gasteiger partial charge in [0.15, 0.2) is 0 Å². The third-order valence-electron chi connectivity index (χ3n) is 3.50. The number of imidazole rings is 1. The van der Waals surface area contributed by atoms with Crippen LogP contribution in [-0.4, -0.2) is 21.8 Å². The first-order valence-corrected chi connectivity index (χ1v) is 6.90. The molecule has 5 heteroatoms. The highest BCUT2D eigenvalue weighted by Crippen LogP contribution is 2.22. The van der Waals surface area contributed by atoms with Crippen molar-refractivity contribution in [1.29, 1.82) is 0 Å². The van der Waals surface area contributed by atoms with Crippen LogP contribution in [0.1, 0.15) is 11.3 Å². The van der Waals surface area contributed by atoms with Gasteiger partial charge in [-0.2, -0.15) is 0 Å². The van der Waals surface area contributed by atoms with Gasteiger partial charge in [0.1, 0.15) is 5.75 Å². The first kappa shape index (κ1) is 14.0. The number of nitrogens with one attached hydrogen (secondary N) is 1. The fourth-order valence-corrected chi connectivity index (χ4v) is 2.37. The largest absolute Gasteiger partial charge is 0.497 e. The van der Waals surface area contributed by atoms with Crippen LogP contribution in [-0.2, 0) is 6.42 Å². The molecule has 22 heavy (non-hydrogen) atoms. The molecule has 0 fully saturated rings. The molecule has 0 spiro atoms. The number of nitrogens with zero attached hydrogens (tertiary/aromatic N) is 1. The molecule has 1 aromatic heterocycles. The number of aromatic nitrogens is 2. The van der Waals surface area contributed by atoms with Gasteiger partial charge in [-0.05, 0) is 29.8 Å². The number of hydrogen-bond donors (Lipinski definition) is 2. The Morgan fingerprint density at radius 2 is 1.77 bits per heavy atom. The lowest BCUT2D eigenvalue weighted by Crippen LogP contribution is -2.14. The van der Waals surface area contributed by atoms with Crippen LogP contribution < -0.4 is 10.4 Å². The summed E-state index contributed by atoms with van der Waals surface area (Å²) in [7, 11) is 1.58. The number of ether oxygens (including phenoxy) is 1. The summed E-state index contributed by atoms with van der Waals surface area (Å²) in [5.74, 6) is 0.621. The van der Waals surface area contributed by atoms with Crippen LogP contribution in [0.4, 0.5) is 0 Å². The molecule has 0 amide bonds. The minimum absolute atomic E-state index is 0.0704. The van der Waals surface area contributed by atoms with Crippen molar-refractivity contribution in [2.24, 2.45) is 0 Å². The number of benzene rings is 2. The molecule has 5 nitrogen and oxygen atoms in total. The van der Waals surface area contributed by atoms with Crippen LogP contribution in [0.25, 0.3) is 5.69 Å². The van der Waals surface area contributed by atoms with Crippen LogP contribution in [0.2, 0.25) is 0 Å². The molecule has 2 N–H and O–H groups in total. The molecule has 0 saturated carbocycles. The SMILES string of the molecule is COc1ccc(-n2c(O)c(Cc3ccccc3)[nH]c2=O)cc1. The second kappa shape index (κ2) is 5.81. The average molecular weight is 296 g/mol. The molecule has 1 heterocycles. The standard InChI is InChI=1S/C17H16N2O3/c1-22-14-9-7-13(8-10-14)19-16(20)15(18-17(19)21)11-12-5-3-2-4-6-12/h2-10,20H,11H2,1H3,(H,18,21). The number of rotatable bonds is 4. The van der Waals surface area contributed by atoms with Gasteiger partial charge in [0, 0.05) is 6.42 Å². The molecule has 0 atom stereocenters. The van der Waals surface area contributed by atoms with E-state index in [1.54, 1.807) is 31.4 Å². The fraction of sp³-hybridized carbons (Fsp3) is 0.118. The van der Waals surface area contributed by atoms with Crippen molar-refractivity contribution >= 4 is 0 Å². The van der Waals surface area contributed by atoms with E-state index in [0.29, 0.717) is 23.6 Å². The van der Waals surface area contributed by atoms with Gasteiger partial charge >= 0.3 is 5.69 Å². The van der Waals surface area contributed by atoms with Gasteiger partial charge < -0.3 is 14.8 Å². The average Bonchev–Trinajstić information content (AvgIpc) is 2.82. The molecule has 3 rings (SSSR count). The van der Waals surface area contributed by atoms with E-state index in [4.69, 9.17) is 4.74 Å². The molecular weight excluding hydrogens is 280 g/mol. The topological polar surface area (TPSA) is 67.2 Å². The first-order chi connectivity index (χ1) is 10.7. The van der Waals surface area contributed by atoms with Crippen LogP contribution in [0.5, 0.6) is 11.6 Å². The highest BCUT2D eigenvalue weighted by atomic mass is 16.5. The maximum Gasteiger partial charge on any atom is 0.333 e. The Kier molecular flexibility index (Phi) is 3.70. The van der Waals surface area contributed by atoms with Gasteiger partial charge in [-0.3, -0.25) is 0 Å². The third-order valence-corrected chi connectivity index (χ3v) is 3.50. The summed E-state index contributed by atoms with van der Waals surface area (Å²) in [5, 5.41) is 10.4. The van der Waals surface area contributed by atoms with E-state index in [9.17, 15) is 9.90 Å². The Labute approximate surface area is 127 Å². The lowest BCUT2D eigenvalue weighted by atomic mass is 10.1. The van der Waals surface area contributed by atoms with E-state index in [2.05, 4.69) is 4.98 Å². The lowest BCUT2D eigenvalue weighted by Gasteiger charge is -2.05. The van der Waals surface area contributed by atoms with Gasteiger partial charge in [-0.25, -0.2) is 9.36 Å². The molecule has 0 aliphatic rings. The Morgan fingerprint density at radius 1 is 1.09 bits per heavy atom. The minimum atomic E-state index is -0.367. The Morgan fingerprint density at radius 3 is 2.41 bits per heavy atom. The van der Waals surface area contributed by atoms with Crippen molar-refractivity contribution in [2.45, 2.75) is 6.42 Å². The molecule has 0 aliphatic carbocycles.